The number of carbonyl (C=O) groups excluding carboxylic acids is 5. The number of anilines is 2. The Morgan fingerprint density at radius 3 is 1.59 bits per heavy atom. The molecule has 0 bridgehead atoms. The molecule has 4 aliphatic rings. The number of aromatic nitrogens is 4. The number of carbonyl (C=O) groups is 5. The highest BCUT2D eigenvalue weighted by Crippen LogP contribution is 2.46. The Hall–Kier alpha value is -4.43. The lowest BCUT2D eigenvalue weighted by molar-refractivity contribution is -0.115. The van der Waals surface area contributed by atoms with E-state index in [0.717, 1.165) is 51.6 Å². The highest BCUT2D eigenvalue weighted by molar-refractivity contribution is 5.88. The summed E-state index contributed by atoms with van der Waals surface area (Å²) < 4.78 is 8.14. The molecule has 6 rings (SSSR count). The normalized spacial score (nSPS) is 19.7. The second-order valence-corrected chi connectivity index (χ2v) is 14.9. The third-order valence-electron chi connectivity index (χ3n) is 10.1. The van der Waals surface area contributed by atoms with Gasteiger partial charge in [-0.05, 0) is 77.6 Å². The predicted molar refractivity (Wildman–Crippen MR) is 182 cm³/mol. The third-order valence-corrected chi connectivity index (χ3v) is 10.1. The van der Waals surface area contributed by atoms with Crippen LogP contribution in [0.25, 0.3) is 0 Å². The zero-order valence-corrected chi connectivity index (χ0v) is 29.5. The number of amides is 5. The molecule has 0 unspecified atom stereocenters. The van der Waals surface area contributed by atoms with Crippen LogP contribution in [0.3, 0.4) is 0 Å². The Morgan fingerprint density at radius 2 is 1.14 bits per heavy atom. The summed E-state index contributed by atoms with van der Waals surface area (Å²) in [6, 6.07) is 2.90. The third kappa shape index (κ3) is 8.79. The molecular formula is C34H51N9O6. The summed E-state index contributed by atoms with van der Waals surface area (Å²) in [5.41, 5.74) is -0.254. The quantitative estimate of drug-likeness (QED) is 0.440. The standard InChI is InChI=1S/C19H29N5O4.C15H22N4O2/c1-14(25)20-15-6-11-24(21-15)16(26)22-12-8-19(9-13-22)7-5-10-23(19)17(27)28-18(2,3)4;1-12(20)16-13-4-9-19(17-13)14(21)18-10-7-15(8-11-18)5-2-3-6-15/h6,11H,5,7-10,12-13H2,1-4H3,(H,20,21,25);4,9H,2-3,5-8,10-11H2,1H3,(H,16,17,20). The molecule has 15 nitrogen and oxygen atoms in total. The molecule has 2 N–H and O–H groups in total. The summed E-state index contributed by atoms with van der Waals surface area (Å²) in [6.07, 6.45) is 13.8. The number of nitrogens with zero attached hydrogens (tertiary/aromatic N) is 7. The molecule has 0 aromatic carbocycles. The fourth-order valence-electron chi connectivity index (χ4n) is 7.62. The van der Waals surface area contributed by atoms with Crippen molar-refractivity contribution in [2.75, 3.05) is 43.4 Å². The first-order valence-electron chi connectivity index (χ1n) is 17.4. The van der Waals surface area contributed by atoms with E-state index in [0.29, 0.717) is 36.7 Å². The maximum Gasteiger partial charge on any atom is 0.410 e. The lowest BCUT2D eigenvalue weighted by atomic mass is 9.77. The van der Waals surface area contributed by atoms with Gasteiger partial charge in [0.05, 0.1) is 0 Å². The molecule has 4 fully saturated rings. The predicted octanol–water partition coefficient (Wildman–Crippen LogP) is 5.14. The molecule has 2 spiro atoms. The lowest BCUT2D eigenvalue weighted by Crippen LogP contribution is -2.56. The number of rotatable bonds is 2. The van der Waals surface area contributed by atoms with Gasteiger partial charge in [0.15, 0.2) is 11.6 Å². The molecule has 15 heteroatoms. The van der Waals surface area contributed by atoms with Crippen LogP contribution in [0.15, 0.2) is 24.5 Å². The van der Waals surface area contributed by atoms with Gasteiger partial charge in [-0.15, -0.1) is 10.2 Å². The van der Waals surface area contributed by atoms with Crippen molar-refractivity contribution in [3.63, 3.8) is 0 Å². The van der Waals surface area contributed by atoms with Crippen LogP contribution in [0.5, 0.6) is 0 Å². The van der Waals surface area contributed by atoms with E-state index in [-0.39, 0.29) is 35.5 Å². The van der Waals surface area contributed by atoms with Gasteiger partial charge in [-0.1, -0.05) is 12.8 Å². The number of hydrogen-bond donors (Lipinski definition) is 2. The first kappa shape index (κ1) is 35.9. The summed E-state index contributed by atoms with van der Waals surface area (Å²) in [5.74, 6) is 0.344. The van der Waals surface area contributed by atoms with Crippen molar-refractivity contribution < 1.29 is 28.7 Å². The van der Waals surface area contributed by atoms with Crippen molar-refractivity contribution in [3.05, 3.63) is 24.5 Å². The van der Waals surface area contributed by atoms with Crippen molar-refractivity contribution in [2.24, 2.45) is 5.41 Å². The van der Waals surface area contributed by atoms with Gasteiger partial charge in [-0.2, -0.15) is 9.36 Å². The fraction of sp³-hybridized carbons (Fsp3) is 0.676. The van der Waals surface area contributed by atoms with Crippen molar-refractivity contribution in [3.8, 4) is 0 Å². The number of nitrogens with one attached hydrogen (secondary N) is 2. The van der Waals surface area contributed by atoms with E-state index in [4.69, 9.17) is 4.74 Å². The number of ether oxygens (including phenoxy) is 1. The summed E-state index contributed by atoms with van der Waals surface area (Å²) in [6.45, 7) is 11.8. The Kier molecular flexibility index (Phi) is 10.7. The van der Waals surface area contributed by atoms with Crippen molar-refractivity contribution in [1.29, 1.82) is 0 Å². The van der Waals surface area contributed by atoms with Crippen molar-refractivity contribution in [2.45, 2.75) is 110 Å². The van der Waals surface area contributed by atoms with E-state index in [1.807, 2.05) is 30.6 Å². The zero-order chi connectivity index (χ0) is 35.4. The minimum Gasteiger partial charge on any atom is -0.444 e. The Labute approximate surface area is 287 Å². The van der Waals surface area contributed by atoms with E-state index in [1.54, 1.807) is 29.4 Å². The molecule has 1 aliphatic carbocycles. The van der Waals surface area contributed by atoms with Crippen molar-refractivity contribution in [1.82, 2.24) is 34.3 Å². The highest BCUT2D eigenvalue weighted by atomic mass is 16.6. The summed E-state index contributed by atoms with van der Waals surface area (Å²) in [7, 11) is 0. The van der Waals surface area contributed by atoms with Gasteiger partial charge < -0.3 is 30.1 Å². The van der Waals surface area contributed by atoms with Crippen LogP contribution in [0.1, 0.15) is 98.8 Å². The van der Waals surface area contributed by atoms with Crippen LogP contribution < -0.4 is 10.6 Å². The average molecular weight is 682 g/mol. The lowest BCUT2D eigenvalue weighted by Gasteiger charge is -2.44. The number of hydrogen-bond acceptors (Lipinski definition) is 8. The van der Waals surface area contributed by atoms with Crippen LogP contribution >= 0.6 is 0 Å². The second kappa shape index (κ2) is 14.6. The highest BCUT2D eigenvalue weighted by Gasteiger charge is 2.47. The SMILES string of the molecule is CC(=O)Nc1ccn(C(=O)N2CCC3(CCCC3)CC2)n1.CC(=O)Nc1ccn(C(=O)N2CCC3(CCCN3C(=O)OC(C)(C)C)CC2)n1. The summed E-state index contributed by atoms with van der Waals surface area (Å²) in [5, 5.41) is 13.4. The molecule has 3 aliphatic heterocycles. The molecule has 268 valence electrons. The molecule has 5 heterocycles. The fourth-order valence-corrected chi connectivity index (χ4v) is 7.62. The van der Waals surface area contributed by atoms with Crippen molar-refractivity contribution >= 4 is 41.6 Å². The van der Waals surface area contributed by atoms with E-state index in [2.05, 4.69) is 20.8 Å². The Balaban J connectivity index is 0.000000199. The van der Waals surface area contributed by atoms with E-state index in [9.17, 15) is 24.0 Å². The topological polar surface area (TPSA) is 164 Å². The largest absolute Gasteiger partial charge is 0.444 e. The Morgan fingerprint density at radius 1 is 0.673 bits per heavy atom. The van der Waals surface area contributed by atoms with Gasteiger partial charge in [-0.25, -0.2) is 14.4 Å². The molecule has 1 saturated carbocycles. The first-order chi connectivity index (χ1) is 23.2. The summed E-state index contributed by atoms with van der Waals surface area (Å²) >= 11 is 0. The Bertz CT molecular complexity index is 1520. The first-order valence-corrected chi connectivity index (χ1v) is 17.4. The van der Waals surface area contributed by atoms with Gasteiger partial charge in [-0.3, -0.25) is 9.59 Å². The van der Waals surface area contributed by atoms with E-state index >= 15 is 0 Å². The molecular weight excluding hydrogens is 630 g/mol. The minimum atomic E-state index is -0.525. The zero-order valence-electron chi connectivity index (χ0n) is 29.5. The molecule has 2 aromatic rings. The monoisotopic (exact) mass is 681 g/mol. The van der Waals surface area contributed by atoms with Gasteiger partial charge in [0.25, 0.3) is 0 Å². The maximum atomic E-state index is 12.7. The summed E-state index contributed by atoms with van der Waals surface area (Å²) in [4.78, 5) is 65.3. The average Bonchev–Trinajstić information content (AvgIpc) is 3.85. The van der Waals surface area contributed by atoms with Crippen LogP contribution in [-0.4, -0.2) is 108 Å². The molecule has 0 atom stereocenters. The minimum absolute atomic E-state index is 0.0977. The molecule has 3 saturated heterocycles. The maximum absolute atomic E-state index is 12.7. The molecule has 5 amide bonds. The van der Waals surface area contributed by atoms with Crippen LogP contribution in [0, 0.1) is 5.41 Å². The van der Waals surface area contributed by atoms with Gasteiger partial charge in [0.2, 0.25) is 11.8 Å². The van der Waals surface area contributed by atoms with E-state index in [1.165, 1.54) is 48.9 Å². The smallest absolute Gasteiger partial charge is 0.410 e. The number of piperidine rings is 2. The van der Waals surface area contributed by atoms with Crippen LogP contribution in [0.4, 0.5) is 26.0 Å². The van der Waals surface area contributed by atoms with E-state index < -0.39 is 5.60 Å². The van der Waals surface area contributed by atoms with Gasteiger partial charge in [0, 0.05) is 76.6 Å². The number of likely N-dealkylation sites (tertiary alicyclic amines) is 3. The molecule has 0 radical (unpaired) electrons. The van der Waals surface area contributed by atoms with Gasteiger partial charge >= 0.3 is 18.2 Å². The van der Waals surface area contributed by atoms with Gasteiger partial charge in [0.1, 0.15) is 5.60 Å². The van der Waals surface area contributed by atoms with Crippen LogP contribution in [0.2, 0.25) is 0 Å². The van der Waals surface area contributed by atoms with Crippen LogP contribution in [-0.2, 0) is 14.3 Å². The molecule has 49 heavy (non-hydrogen) atoms. The molecule has 2 aromatic heterocycles. The second-order valence-electron chi connectivity index (χ2n) is 14.9.